The van der Waals surface area contributed by atoms with Gasteiger partial charge in [0.2, 0.25) is 5.91 Å². The summed E-state index contributed by atoms with van der Waals surface area (Å²) in [7, 11) is 2.94. The number of ether oxygens (including phenoxy) is 2. The zero-order valence-electron chi connectivity index (χ0n) is 14.2. The predicted octanol–water partition coefficient (Wildman–Crippen LogP) is 2.71. The van der Waals surface area contributed by atoms with E-state index in [0.717, 1.165) is 4.68 Å². The Bertz CT molecular complexity index is 1030. The van der Waals surface area contributed by atoms with E-state index in [4.69, 9.17) is 21.1 Å². The highest BCUT2D eigenvalue weighted by Crippen LogP contribution is 2.32. The Morgan fingerprint density at radius 3 is 2.73 bits per heavy atom. The Labute approximate surface area is 154 Å². The maximum atomic E-state index is 12.8. The largest absolute Gasteiger partial charge is 0.493 e. The van der Waals surface area contributed by atoms with Gasteiger partial charge in [0.05, 0.1) is 25.8 Å². The van der Waals surface area contributed by atoms with Crippen molar-refractivity contribution in [2.45, 2.75) is 6.54 Å². The minimum Gasteiger partial charge on any atom is -0.493 e. The van der Waals surface area contributed by atoms with E-state index >= 15 is 0 Å². The number of carbonyl (C=O) groups is 1. The normalized spacial score (nSPS) is 10.6. The van der Waals surface area contributed by atoms with E-state index in [1.807, 2.05) is 0 Å². The number of rotatable bonds is 5. The summed E-state index contributed by atoms with van der Waals surface area (Å²) in [4.78, 5) is 25.0. The fraction of sp³-hybridized carbons (Fsp3) is 0.167. The zero-order valence-corrected chi connectivity index (χ0v) is 14.9. The third-order valence-corrected chi connectivity index (χ3v) is 4.00. The van der Waals surface area contributed by atoms with Crippen molar-refractivity contribution in [3.8, 4) is 11.5 Å². The van der Waals surface area contributed by atoms with Gasteiger partial charge in [-0.15, -0.1) is 0 Å². The molecule has 1 amide bonds. The molecular formula is C18H16ClN3O4. The molecule has 3 aromatic rings. The summed E-state index contributed by atoms with van der Waals surface area (Å²) in [6, 6.07) is 10.1. The van der Waals surface area contributed by atoms with Gasteiger partial charge in [0.1, 0.15) is 6.54 Å². The van der Waals surface area contributed by atoms with Crippen molar-refractivity contribution in [3.63, 3.8) is 0 Å². The summed E-state index contributed by atoms with van der Waals surface area (Å²) in [5.41, 5.74) is 0.0927. The van der Waals surface area contributed by atoms with Crippen LogP contribution in [0, 0.1) is 0 Å². The lowest BCUT2D eigenvalue weighted by molar-refractivity contribution is -0.117. The lowest BCUT2D eigenvalue weighted by Crippen LogP contribution is -2.29. The van der Waals surface area contributed by atoms with Crippen LogP contribution in [0.25, 0.3) is 10.8 Å². The minimum atomic E-state index is -0.445. The zero-order chi connectivity index (χ0) is 18.7. The van der Waals surface area contributed by atoms with E-state index in [-0.39, 0.29) is 6.54 Å². The van der Waals surface area contributed by atoms with Crippen molar-refractivity contribution < 1.29 is 14.3 Å². The number of amides is 1. The Morgan fingerprint density at radius 1 is 1.23 bits per heavy atom. The van der Waals surface area contributed by atoms with Gasteiger partial charge in [-0.3, -0.25) is 9.59 Å². The van der Waals surface area contributed by atoms with Gasteiger partial charge in [0, 0.05) is 16.1 Å². The molecule has 0 aliphatic rings. The third-order valence-electron chi connectivity index (χ3n) is 3.76. The summed E-state index contributed by atoms with van der Waals surface area (Å²) in [6.45, 7) is -0.248. The van der Waals surface area contributed by atoms with E-state index in [9.17, 15) is 9.59 Å². The first-order valence-corrected chi connectivity index (χ1v) is 8.07. The van der Waals surface area contributed by atoms with Crippen molar-refractivity contribution in [1.82, 2.24) is 9.78 Å². The van der Waals surface area contributed by atoms with Crippen LogP contribution >= 0.6 is 11.6 Å². The van der Waals surface area contributed by atoms with Gasteiger partial charge >= 0.3 is 0 Å². The highest BCUT2D eigenvalue weighted by molar-refractivity contribution is 6.30. The summed E-state index contributed by atoms with van der Waals surface area (Å²) >= 11 is 5.90. The first-order valence-electron chi connectivity index (χ1n) is 7.69. The predicted molar refractivity (Wildman–Crippen MR) is 99.2 cm³/mol. The lowest BCUT2D eigenvalue weighted by Gasteiger charge is -2.12. The standard InChI is InChI=1S/C18H16ClN3O4/c1-25-14-7-6-11-9-20-22(18(24)16(11)17(14)26-2)10-15(23)21-13-5-3-4-12(19)8-13/h3-9H,10H2,1-2H3,(H,21,23). The molecule has 0 bridgehead atoms. The highest BCUT2D eigenvalue weighted by atomic mass is 35.5. The van der Waals surface area contributed by atoms with E-state index in [2.05, 4.69) is 10.4 Å². The van der Waals surface area contributed by atoms with Gasteiger partial charge in [-0.1, -0.05) is 17.7 Å². The maximum absolute atomic E-state index is 12.8. The fourth-order valence-corrected chi connectivity index (χ4v) is 2.79. The number of hydrogen-bond donors (Lipinski definition) is 1. The smallest absolute Gasteiger partial charge is 0.279 e. The van der Waals surface area contributed by atoms with Crippen LogP contribution in [0.4, 0.5) is 5.69 Å². The SMILES string of the molecule is COc1ccc2cnn(CC(=O)Nc3cccc(Cl)c3)c(=O)c2c1OC. The number of halogens is 1. The molecule has 7 nitrogen and oxygen atoms in total. The van der Waals surface area contributed by atoms with E-state index < -0.39 is 11.5 Å². The van der Waals surface area contributed by atoms with Crippen LogP contribution in [0.5, 0.6) is 11.5 Å². The molecule has 26 heavy (non-hydrogen) atoms. The number of anilines is 1. The first-order chi connectivity index (χ1) is 12.5. The molecule has 1 aromatic heterocycles. The quantitative estimate of drug-likeness (QED) is 0.743. The first kappa shape index (κ1) is 17.8. The van der Waals surface area contributed by atoms with E-state index in [1.165, 1.54) is 20.4 Å². The highest BCUT2D eigenvalue weighted by Gasteiger charge is 2.16. The maximum Gasteiger partial charge on any atom is 0.279 e. The number of methoxy groups -OCH3 is 2. The molecular weight excluding hydrogens is 358 g/mol. The second kappa shape index (κ2) is 7.45. The molecule has 0 atom stereocenters. The van der Waals surface area contributed by atoms with E-state index in [1.54, 1.807) is 36.4 Å². The summed E-state index contributed by atoms with van der Waals surface area (Å²) in [5.74, 6) is 0.336. The summed E-state index contributed by atoms with van der Waals surface area (Å²) < 4.78 is 11.6. The van der Waals surface area contributed by atoms with Gasteiger partial charge in [-0.05, 0) is 30.3 Å². The van der Waals surface area contributed by atoms with Gasteiger partial charge in [0.25, 0.3) is 5.56 Å². The van der Waals surface area contributed by atoms with Gasteiger partial charge < -0.3 is 14.8 Å². The topological polar surface area (TPSA) is 82.5 Å². The monoisotopic (exact) mass is 373 g/mol. The Hall–Kier alpha value is -3.06. The Kier molecular flexibility index (Phi) is 5.09. The molecule has 0 fully saturated rings. The average Bonchev–Trinajstić information content (AvgIpc) is 2.63. The molecule has 0 saturated carbocycles. The van der Waals surface area contributed by atoms with E-state index in [0.29, 0.717) is 33.0 Å². The number of nitrogens with one attached hydrogen (secondary N) is 1. The van der Waals surface area contributed by atoms with Crippen LogP contribution in [0.15, 0.2) is 47.4 Å². The summed E-state index contributed by atoms with van der Waals surface area (Å²) in [6.07, 6.45) is 1.51. The van der Waals surface area contributed by atoms with Crippen LogP contribution in [-0.4, -0.2) is 29.9 Å². The Morgan fingerprint density at radius 2 is 2.04 bits per heavy atom. The van der Waals surface area contributed by atoms with Crippen LogP contribution in [0.1, 0.15) is 0 Å². The van der Waals surface area contributed by atoms with Crippen molar-refractivity contribution in [3.05, 3.63) is 58.0 Å². The number of fused-ring (bicyclic) bond motifs is 1. The molecule has 134 valence electrons. The van der Waals surface area contributed by atoms with Gasteiger partial charge in [-0.2, -0.15) is 5.10 Å². The van der Waals surface area contributed by atoms with Gasteiger partial charge in [0.15, 0.2) is 11.5 Å². The second-order valence-electron chi connectivity index (χ2n) is 5.43. The molecule has 8 heteroatoms. The van der Waals surface area contributed by atoms with Crippen LogP contribution < -0.4 is 20.3 Å². The fourth-order valence-electron chi connectivity index (χ4n) is 2.60. The van der Waals surface area contributed by atoms with Crippen LogP contribution in [-0.2, 0) is 11.3 Å². The van der Waals surface area contributed by atoms with Crippen molar-refractivity contribution in [2.24, 2.45) is 0 Å². The molecule has 2 aromatic carbocycles. The van der Waals surface area contributed by atoms with Crippen molar-refractivity contribution in [2.75, 3.05) is 19.5 Å². The minimum absolute atomic E-state index is 0.248. The number of hydrogen-bond acceptors (Lipinski definition) is 5. The second-order valence-corrected chi connectivity index (χ2v) is 5.87. The molecule has 0 radical (unpaired) electrons. The van der Waals surface area contributed by atoms with Crippen LogP contribution in [0.2, 0.25) is 5.02 Å². The van der Waals surface area contributed by atoms with Crippen LogP contribution in [0.3, 0.4) is 0 Å². The molecule has 0 spiro atoms. The molecule has 0 unspecified atom stereocenters. The van der Waals surface area contributed by atoms with Crippen molar-refractivity contribution in [1.29, 1.82) is 0 Å². The van der Waals surface area contributed by atoms with Gasteiger partial charge in [-0.25, -0.2) is 4.68 Å². The molecule has 1 heterocycles. The number of benzene rings is 2. The number of aromatic nitrogens is 2. The molecule has 0 aliphatic heterocycles. The van der Waals surface area contributed by atoms with Crippen molar-refractivity contribution >= 4 is 34.0 Å². The molecule has 0 saturated heterocycles. The number of nitrogens with zero attached hydrogens (tertiary/aromatic N) is 2. The molecule has 1 N–H and O–H groups in total. The third kappa shape index (κ3) is 3.48. The Balaban J connectivity index is 1.94. The number of carbonyl (C=O) groups excluding carboxylic acids is 1. The molecule has 3 rings (SSSR count). The lowest BCUT2D eigenvalue weighted by atomic mass is 10.1. The average molecular weight is 374 g/mol. The summed E-state index contributed by atoms with van der Waals surface area (Å²) in [5, 5.41) is 8.14. The molecule has 0 aliphatic carbocycles.